The molecule has 0 radical (unpaired) electrons. The third kappa shape index (κ3) is 5.39. The summed E-state index contributed by atoms with van der Waals surface area (Å²) in [6.45, 7) is 1.76. The van der Waals surface area contributed by atoms with E-state index in [1.165, 1.54) is 17.3 Å². The maximum atomic E-state index is 15.7. The average molecular weight is 568 g/mol. The molecule has 2 aromatic carbocycles. The zero-order valence-electron chi connectivity index (χ0n) is 22.1. The third-order valence-electron chi connectivity index (χ3n) is 7.67. The molecule has 0 N–H and O–H groups in total. The van der Waals surface area contributed by atoms with Crippen LogP contribution in [0.1, 0.15) is 66.3 Å². The van der Waals surface area contributed by atoms with Crippen molar-refractivity contribution >= 4 is 16.0 Å². The van der Waals surface area contributed by atoms with E-state index in [-0.39, 0.29) is 24.6 Å². The van der Waals surface area contributed by atoms with Crippen LogP contribution in [0.4, 0.5) is 4.39 Å². The highest BCUT2D eigenvalue weighted by atomic mass is 32.2. The summed E-state index contributed by atoms with van der Waals surface area (Å²) in [6, 6.07) is 13.1. The van der Waals surface area contributed by atoms with Gasteiger partial charge in [-0.3, -0.25) is 4.79 Å². The molecule has 210 valence electrons. The van der Waals surface area contributed by atoms with Gasteiger partial charge in [0.05, 0.1) is 11.5 Å². The van der Waals surface area contributed by atoms with Gasteiger partial charge in [0.1, 0.15) is 11.1 Å². The molecule has 1 aromatic heterocycles. The molecule has 0 bridgehead atoms. The Morgan fingerprint density at radius 3 is 2.62 bits per heavy atom. The summed E-state index contributed by atoms with van der Waals surface area (Å²) in [7, 11) is -3.85. The Hall–Kier alpha value is -3.59. The van der Waals surface area contributed by atoms with Gasteiger partial charge in [0.2, 0.25) is 10.0 Å². The van der Waals surface area contributed by atoms with E-state index in [0.29, 0.717) is 55.8 Å². The molecular formula is C29H30FN3O6S. The molecule has 9 nitrogen and oxygen atoms in total. The fourth-order valence-electron chi connectivity index (χ4n) is 5.49. The number of aromatic nitrogens is 2. The monoisotopic (exact) mass is 567 g/mol. The maximum Gasteiger partial charge on any atom is 0.303 e. The quantitative estimate of drug-likeness (QED) is 0.311. The summed E-state index contributed by atoms with van der Waals surface area (Å²) in [5, 5.41) is 3.38. The highest BCUT2D eigenvalue weighted by Crippen LogP contribution is 2.41. The number of carbonyl (C=O) groups is 1. The van der Waals surface area contributed by atoms with Gasteiger partial charge in [-0.1, -0.05) is 53.5 Å². The predicted octanol–water partition coefficient (Wildman–Crippen LogP) is 4.04. The Labute approximate surface area is 232 Å². The van der Waals surface area contributed by atoms with E-state index >= 15 is 4.39 Å². The summed E-state index contributed by atoms with van der Waals surface area (Å²) in [6.07, 6.45) is 7.56. The Balaban J connectivity index is 1.44. The van der Waals surface area contributed by atoms with Crippen molar-refractivity contribution in [3.05, 3.63) is 82.8 Å². The molecule has 0 saturated carbocycles. The zero-order valence-corrected chi connectivity index (χ0v) is 22.9. The summed E-state index contributed by atoms with van der Waals surface area (Å²) in [4.78, 5) is 15.6. The van der Waals surface area contributed by atoms with E-state index in [0.717, 1.165) is 0 Å². The number of esters is 1. The first kappa shape index (κ1) is 28.0. The van der Waals surface area contributed by atoms with Crippen LogP contribution in [0.5, 0.6) is 0 Å². The van der Waals surface area contributed by atoms with Crippen molar-refractivity contribution in [2.45, 2.75) is 62.5 Å². The predicted molar refractivity (Wildman–Crippen MR) is 143 cm³/mol. The van der Waals surface area contributed by atoms with Gasteiger partial charge < -0.3 is 14.0 Å². The Morgan fingerprint density at radius 2 is 1.95 bits per heavy atom. The van der Waals surface area contributed by atoms with E-state index in [1.54, 1.807) is 36.4 Å². The molecule has 0 aliphatic carbocycles. The number of hydrogen-bond acceptors (Lipinski definition) is 8. The molecule has 2 aliphatic heterocycles. The smallest absolute Gasteiger partial charge is 0.303 e. The average Bonchev–Trinajstić information content (AvgIpc) is 3.44. The lowest BCUT2D eigenvalue weighted by Gasteiger charge is -2.37. The summed E-state index contributed by atoms with van der Waals surface area (Å²) < 4.78 is 60.2. The van der Waals surface area contributed by atoms with Gasteiger partial charge in [-0.25, -0.2) is 12.8 Å². The number of nitrogens with zero attached hydrogens (tertiary/aromatic N) is 3. The van der Waals surface area contributed by atoms with E-state index in [2.05, 4.69) is 16.1 Å². The van der Waals surface area contributed by atoms with E-state index in [4.69, 9.17) is 20.4 Å². The van der Waals surface area contributed by atoms with Crippen LogP contribution < -0.4 is 0 Å². The minimum atomic E-state index is -3.85. The Morgan fingerprint density at radius 1 is 1.20 bits per heavy atom. The first-order valence-electron chi connectivity index (χ1n) is 13.1. The van der Waals surface area contributed by atoms with Crippen LogP contribution in [-0.2, 0) is 42.9 Å². The molecule has 0 amide bonds. The van der Waals surface area contributed by atoms with Crippen molar-refractivity contribution in [3.63, 3.8) is 0 Å². The molecule has 3 heterocycles. The van der Waals surface area contributed by atoms with E-state index in [9.17, 15) is 13.2 Å². The van der Waals surface area contributed by atoms with Crippen LogP contribution in [0, 0.1) is 18.2 Å². The molecule has 40 heavy (non-hydrogen) atoms. The van der Waals surface area contributed by atoms with Crippen LogP contribution in [0.15, 0.2) is 53.1 Å². The number of rotatable bonds is 7. The molecule has 2 atom stereocenters. The van der Waals surface area contributed by atoms with Crippen molar-refractivity contribution in [2.75, 3.05) is 13.2 Å². The lowest BCUT2D eigenvalue weighted by molar-refractivity contribution is -0.143. The number of hydrogen-bond donors (Lipinski definition) is 0. The fraction of sp³-hybridized carbons (Fsp3) is 0.414. The van der Waals surface area contributed by atoms with Crippen LogP contribution >= 0.6 is 0 Å². The van der Waals surface area contributed by atoms with Crippen LogP contribution in [0.3, 0.4) is 0 Å². The molecule has 2 aliphatic rings. The normalized spacial score (nSPS) is 22.3. The SMILES string of the molecule is C#C[C@H]1CC[C@H](c2ccccc2)S(=O)(=O)N1Cc1ccc(C2(c3noc(COC(C)=O)n3)CCOCC2)cc1F. The minimum Gasteiger partial charge on any atom is -0.456 e. The van der Waals surface area contributed by atoms with Crippen molar-refractivity contribution in [1.29, 1.82) is 0 Å². The van der Waals surface area contributed by atoms with Gasteiger partial charge in [-0.15, -0.1) is 6.42 Å². The summed E-state index contributed by atoms with van der Waals surface area (Å²) in [5.41, 5.74) is 0.738. The Kier molecular flexibility index (Phi) is 8.03. The van der Waals surface area contributed by atoms with Crippen molar-refractivity contribution in [1.82, 2.24) is 14.4 Å². The molecule has 0 unspecified atom stereocenters. The molecule has 11 heteroatoms. The van der Waals surface area contributed by atoms with Crippen LogP contribution in [0.25, 0.3) is 0 Å². The van der Waals surface area contributed by atoms with Gasteiger partial charge in [0.25, 0.3) is 5.89 Å². The summed E-state index contributed by atoms with van der Waals surface area (Å²) >= 11 is 0. The second-order valence-corrected chi connectivity index (χ2v) is 12.1. The third-order valence-corrected chi connectivity index (χ3v) is 9.94. The van der Waals surface area contributed by atoms with E-state index in [1.807, 2.05) is 6.07 Å². The number of terminal acetylenes is 1. The number of ether oxygens (including phenoxy) is 2. The second-order valence-electron chi connectivity index (χ2n) is 10.0. The molecule has 3 aromatic rings. The zero-order chi connectivity index (χ0) is 28.3. The summed E-state index contributed by atoms with van der Waals surface area (Å²) in [5.74, 6) is 2.04. The maximum absolute atomic E-state index is 15.7. The van der Waals surface area contributed by atoms with Crippen molar-refractivity contribution < 1.29 is 31.6 Å². The molecule has 2 saturated heterocycles. The minimum absolute atomic E-state index is 0.136. The van der Waals surface area contributed by atoms with Gasteiger partial charge in [-0.05, 0) is 42.9 Å². The first-order chi connectivity index (χ1) is 19.2. The molecular weight excluding hydrogens is 537 g/mol. The molecule has 0 spiro atoms. The van der Waals surface area contributed by atoms with Gasteiger partial charge >= 0.3 is 5.97 Å². The fourth-order valence-corrected chi connectivity index (χ4v) is 7.59. The highest BCUT2D eigenvalue weighted by Gasteiger charge is 2.43. The topological polar surface area (TPSA) is 112 Å². The highest BCUT2D eigenvalue weighted by molar-refractivity contribution is 7.89. The van der Waals surface area contributed by atoms with Crippen molar-refractivity contribution in [3.8, 4) is 12.3 Å². The van der Waals surface area contributed by atoms with Crippen LogP contribution in [-0.4, -0.2) is 48.1 Å². The van der Waals surface area contributed by atoms with Gasteiger partial charge in [0.15, 0.2) is 12.4 Å². The van der Waals surface area contributed by atoms with Crippen molar-refractivity contribution in [2.24, 2.45) is 0 Å². The number of halogens is 1. The van der Waals surface area contributed by atoms with Gasteiger partial charge in [-0.2, -0.15) is 9.29 Å². The molecule has 2 fully saturated rings. The van der Waals surface area contributed by atoms with E-state index < -0.39 is 38.5 Å². The lowest BCUT2D eigenvalue weighted by atomic mass is 9.73. The lowest BCUT2D eigenvalue weighted by Crippen LogP contribution is -2.45. The number of benzene rings is 2. The van der Waals surface area contributed by atoms with Crippen LogP contribution in [0.2, 0.25) is 0 Å². The standard InChI is InChI=1S/C29H30FN3O6S/c1-3-24-11-12-26(21-7-5-4-6-8-21)40(35,36)33(24)18-22-9-10-23(17-25(22)30)29(13-15-37-16-14-29)28-31-27(39-32-28)19-38-20(2)34/h1,4-10,17,24,26H,11-16,18-19H2,2H3/t24-,26+/m0/s1. The Bertz CT molecular complexity index is 1510. The first-order valence-corrected chi connectivity index (χ1v) is 14.6. The van der Waals surface area contributed by atoms with Gasteiger partial charge in [0, 0.05) is 32.2 Å². The number of sulfonamides is 1. The molecule has 5 rings (SSSR count). The second kappa shape index (κ2) is 11.5. The largest absolute Gasteiger partial charge is 0.456 e. The number of carbonyl (C=O) groups excluding carboxylic acids is 1.